The van der Waals surface area contributed by atoms with E-state index in [4.69, 9.17) is 0 Å². The van der Waals surface area contributed by atoms with Crippen LogP contribution in [0.25, 0.3) is 10.6 Å². The molecule has 4 rings (SSSR count). The van der Waals surface area contributed by atoms with E-state index in [-0.39, 0.29) is 0 Å². The average Bonchev–Trinajstić information content (AvgIpc) is 3.27. The van der Waals surface area contributed by atoms with Gasteiger partial charge in [0.1, 0.15) is 6.04 Å². The number of hydrogen-bond donors (Lipinski definition) is 3. The molecule has 7 nitrogen and oxygen atoms in total. The van der Waals surface area contributed by atoms with Crippen LogP contribution in [-0.4, -0.2) is 42.2 Å². The molecular formula is C15H15N5O2S. The summed E-state index contributed by atoms with van der Waals surface area (Å²) >= 11 is 1.65. The van der Waals surface area contributed by atoms with Gasteiger partial charge in [0.25, 0.3) is 0 Å². The van der Waals surface area contributed by atoms with Crippen LogP contribution in [0.2, 0.25) is 0 Å². The van der Waals surface area contributed by atoms with Gasteiger partial charge in [0, 0.05) is 30.6 Å². The van der Waals surface area contributed by atoms with Crippen LogP contribution in [0.15, 0.2) is 30.7 Å². The minimum Gasteiger partial charge on any atom is -0.480 e. The molecule has 0 saturated carbocycles. The van der Waals surface area contributed by atoms with Crippen molar-refractivity contribution < 1.29 is 9.90 Å². The molecule has 3 aromatic rings. The fraction of sp³-hybridized carbons (Fsp3) is 0.267. The molecule has 3 aromatic heterocycles. The van der Waals surface area contributed by atoms with Crippen molar-refractivity contribution in [2.45, 2.75) is 25.6 Å². The van der Waals surface area contributed by atoms with Crippen LogP contribution < -0.4 is 0 Å². The van der Waals surface area contributed by atoms with E-state index < -0.39 is 12.0 Å². The fourth-order valence-electron chi connectivity index (χ4n) is 2.90. The molecule has 0 aromatic carbocycles. The summed E-state index contributed by atoms with van der Waals surface area (Å²) in [5.74, 6) is -0.802. The van der Waals surface area contributed by atoms with E-state index in [1.807, 2.05) is 23.1 Å². The van der Waals surface area contributed by atoms with Crippen LogP contribution in [0.3, 0.4) is 0 Å². The van der Waals surface area contributed by atoms with E-state index in [0.29, 0.717) is 19.5 Å². The Morgan fingerprint density at radius 3 is 3.13 bits per heavy atom. The zero-order valence-corrected chi connectivity index (χ0v) is 13.0. The molecule has 0 saturated heterocycles. The molecule has 1 atom stereocenters. The second-order valence-electron chi connectivity index (χ2n) is 5.53. The van der Waals surface area contributed by atoms with Crippen molar-refractivity contribution in [3.63, 3.8) is 0 Å². The molecule has 0 radical (unpaired) electrons. The first-order chi connectivity index (χ1) is 11.2. The van der Waals surface area contributed by atoms with Crippen LogP contribution in [0.5, 0.6) is 0 Å². The predicted octanol–water partition coefficient (Wildman–Crippen LogP) is 1.87. The molecule has 1 aliphatic rings. The SMILES string of the molecule is O=C(O)[C@H]1Cc2nc[nH]c2CN1Cc1ccc(-c2ccn[nH]2)s1. The van der Waals surface area contributed by atoms with Crippen LogP contribution in [-0.2, 0) is 24.3 Å². The van der Waals surface area contributed by atoms with Crippen LogP contribution in [0.1, 0.15) is 16.3 Å². The van der Waals surface area contributed by atoms with Crippen LogP contribution in [0.4, 0.5) is 0 Å². The number of H-pyrrole nitrogens is 2. The summed E-state index contributed by atoms with van der Waals surface area (Å²) in [6.07, 6.45) is 3.79. The van der Waals surface area contributed by atoms with Gasteiger partial charge < -0.3 is 10.1 Å². The van der Waals surface area contributed by atoms with Crippen molar-refractivity contribution in [1.82, 2.24) is 25.1 Å². The Morgan fingerprint density at radius 1 is 1.43 bits per heavy atom. The third-order valence-electron chi connectivity index (χ3n) is 4.07. The van der Waals surface area contributed by atoms with Gasteiger partial charge in [-0.1, -0.05) is 0 Å². The number of hydrogen-bond acceptors (Lipinski definition) is 5. The normalized spacial score (nSPS) is 18.0. The number of carbonyl (C=O) groups is 1. The zero-order valence-electron chi connectivity index (χ0n) is 12.2. The standard InChI is InChI=1S/C15H15N5O2S/c21-15(22)13-5-11-12(17-8-16-11)7-20(13)6-9-1-2-14(23-9)10-3-4-18-19-10/h1-4,8,13H,5-7H2,(H,16,17)(H,18,19)(H,21,22)/t13-/m1/s1. The van der Waals surface area contributed by atoms with E-state index in [0.717, 1.165) is 26.8 Å². The van der Waals surface area contributed by atoms with Gasteiger partial charge in [-0.2, -0.15) is 5.10 Å². The summed E-state index contributed by atoms with van der Waals surface area (Å²) in [5.41, 5.74) is 2.84. The maximum absolute atomic E-state index is 11.6. The largest absolute Gasteiger partial charge is 0.480 e. The van der Waals surface area contributed by atoms with E-state index in [9.17, 15) is 9.90 Å². The quantitative estimate of drug-likeness (QED) is 0.679. The Kier molecular flexibility index (Phi) is 3.47. The molecule has 0 amide bonds. The van der Waals surface area contributed by atoms with Gasteiger partial charge in [-0.05, 0) is 18.2 Å². The van der Waals surface area contributed by atoms with Crippen molar-refractivity contribution in [3.8, 4) is 10.6 Å². The Labute approximate surface area is 136 Å². The number of aliphatic carboxylic acids is 1. The summed E-state index contributed by atoms with van der Waals surface area (Å²) in [6, 6.07) is 5.47. The second kappa shape index (κ2) is 5.64. The van der Waals surface area contributed by atoms with Crippen molar-refractivity contribution in [1.29, 1.82) is 0 Å². The summed E-state index contributed by atoms with van der Waals surface area (Å²) in [5, 5.41) is 16.4. The van der Waals surface area contributed by atoms with Gasteiger partial charge >= 0.3 is 5.97 Å². The Balaban J connectivity index is 1.56. The number of aromatic amines is 2. The lowest BCUT2D eigenvalue weighted by molar-refractivity contribution is -0.144. The lowest BCUT2D eigenvalue weighted by Crippen LogP contribution is -2.44. The molecule has 0 bridgehead atoms. The average molecular weight is 329 g/mol. The molecule has 4 heterocycles. The molecule has 0 aliphatic carbocycles. The number of carboxylic acid groups (broad SMARTS) is 1. The molecular weight excluding hydrogens is 314 g/mol. The predicted molar refractivity (Wildman–Crippen MR) is 84.9 cm³/mol. The minimum absolute atomic E-state index is 0.437. The number of nitrogens with one attached hydrogen (secondary N) is 2. The smallest absolute Gasteiger partial charge is 0.321 e. The van der Waals surface area contributed by atoms with E-state index in [1.54, 1.807) is 23.9 Å². The summed E-state index contributed by atoms with van der Waals surface area (Å²) < 4.78 is 0. The summed E-state index contributed by atoms with van der Waals surface area (Å²) in [4.78, 5) is 23.1. The van der Waals surface area contributed by atoms with Gasteiger partial charge in [0.15, 0.2) is 0 Å². The first kappa shape index (κ1) is 14.2. The molecule has 3 N–H and O–H groups in total. The van der Waals surface area contributed by atoms with Gasteiger partial charge in [0.2, 0.25) is 0 Å². The number of rotatable bonds is 4. The second-order valence-corrected chi connectivity index (χ2v) is 6.70. The molecule has 0 spiro atoms. The molecule has 0 fully saturated rings. The first-order valence-electron chi connectivity index (χ1n) is 7.27. The molecule has 118 valence electrons. The number of imidazole rings is 1. The Bertz CT molecular complexity index is 823. The van der Waals surface area contributed by atoms with Crippen molar-refractivity contribution in [2.75, 3.05) is 0 Å². The number of aromatic nitrogens is 4. The lowest BCUT2D eigenvalue weighted by atomic mass is 10.0. The highest BCUT2D eigenvalue weighted by Gasteiger charge is 2.33. The van der Waals surface area contributed by atoms with Crippen LogP contribution >= 0.6 is 11.3 Å². The minimum atomic E-state index is -0.802. The topological polar surface area (TPSA) is 97.9 Å². The summed E-state index contributed by atoms with van der Waals surface area (Å²) in [7, 11) is 0. The first-order valence-corrected chi connectivity index (χ1v) is 8.09. The zero-order chi connectivity index (χ0) is 15.8. The van der Waals surface area contributed by atoms with Gasteiger partial charge in [-0.15, -0.1) is 11.3 Å². The van der Waals surface area contributed by atoms with Gasteiger partial charge in [-0.25, -0.2) is 4.98 Å². The maximum atomic E-state index is 11.6. The lowest BCUT2D eigenvalue weighted by Gasteiger charge is -2.31. The van der Waals surface area contributed by atoms with Crippen molar-refractivity contribution in [2.24, 2.45) is 0 Å². The highest BCUT2D eigenvalue weighted by atomic mass is 32.1. The number of thiophene rings is 1. The summed E-state index contributed by atoms with van der Waals surface area (Å²) in [6.45, 7) is 1.18. The molecule has 0 unspecified atom stereocenters. The molecule has 23 heavy (non-hydrogen) atoms. The third-order valence-corrected chi connectivity index (χ3v) is 5.17. The highest BCUT2D eigenvalue weighted by molar-refractivity contribution is 7.15. The van der Waals surface area contributed by atoms with E-state index in [2.05, 4.69) is 20.2 Å². The fourth-order valence-corrected chi connectivity index (χ4v) is 3.91. The molecule has 8 heteroatoms. The van der Waals surface area contributed by atoms with E-state index in [1.165, 1.54) is 0 Å². The monoisotopic (exact) mass is 329 g/mol. The molecule has 1 aliphatic heterocycles. The highest BCUT2D eigenvalue weighted by Crippen LogP contribution is 2.29. The van der Waals surface area contributed by atoms with Crippen LogP contribution in [0, 0.1) is 0 Å². The Hall–Kier alpha value is -2.45. The number of carboxylic acids is 1. The third kappa shape index (κ3) is 2.66. The van der Waals surface area contributed by atoms with Crippen molar-refractivity contribution in [3.05, 3.63) is 47.0 Å². The number of nitrogens with zero attached hydrogens (tertiary/aromatic N) is 3. The number of fused-ring (bicyclic) bond motifs is 1. The van der Waals surface area contributed by atoms with Crippen molar-refractivity contribution >= 4 is 17.3 Å². The van der Waals surface area contributed by atoms with Gasteiger partial charge in [-0.3, -0.25) is 14.8 Å². The Morgan fingerprint density at radius 2 is 2.35 bits per heavy atom. The van der Waals surface area contributed by atoms with Gasteiger partial charge in [0.05, 0.1) is 28.3 Å². The van der Waals surface area contributed by atoms with E-state index >= 15 is 0 Å². The maximum Gasteiger partial charge on any atom is 0.321 e.